The molecule has 2 amide bonds. The van der Waals surface area contributed by atoms with Crippen molar-refractivity contribution in [3.05, 3.63) is 48.5 Å². The minimum atomic E-state index is -3.86. The van der Waals surface area contributed by atoms with Crippen molar-refractivity contribution in [1.29, 1.82) is 0 Å². The smallest absolute Gasteiger partial charge is 0.243 e. The number of rotatable bonds is 11. The first-order valence-corrected chi connectivity index (χ1v) is 11.1. The molecule has 10 heteroatoms. The van der Waals surface area contributed by atoms with Gasteiger partial charge in [-0.1, -0.05) is 6.92 Å². The maximum atomic E-state index is 12.9. The van der Waals surface area contributed by atoms with Crippen LogP contribution in [0.5, 0.6) is 5.75 Å². The van der Waals surface area contributed by atoms with Crippen LogP contribution in [0.25, 0.3) is 0 Å². The highest BCUT2D eigenvalue weighted by molar-refractivity contribution is 7.89. The Morgan fingerprint density at radius 1 is 0.935 bits per heavy atom. The molecule has 0 saturated heterocycles. The molecular weight excluding hydrogens is 422 g/mol. The predicted octanol–water partition coefficient (Wildman–Crippen LogP) is 2.32. The summed E-state index contributed by atoms with van der Waals surface area (Å²) in [5.74, 6) is -0.146. The van der Waals surface area contributed by atoms with E-state index in [-0.39, 0.29) is 23.9 Å². The Balaban J connectivity index is 2.01. The van der Waals surface area contributed by atoms with E-state index in [1.165, 1.54) is 19.1 Å². The van der Waals surface area contributed by atoms with Gasteiger partial charge in [0.15, 0.2) is 0 Å². The molecule has 0 bridgehead atoms. The van der Waals surface area contributed by atoms with Gasteiger partial charge in [0.05, 0.1) is 18.0 Å². The lowest BCUT2D eigenvalue weighted by Gasteiger charge is -2.20. The molecule has 0 atom stereocenters. The van der Waals surface area contributed by atoms with E-state index in [1.54, 1.807) is 50.4 Å². The Morgan fingerprint density at radius 2 is 1.52 bits per heavy atom. The number of nitrogens with zero attached hydrogens (tertiary/aromatic N) is 1. The number of likely N-dealkylation sites (N-methyl/N-ethyl adjacent to an activating group) is 1. The van der Waals surface area contributed by atoms with Crippen molar-refractivity contribution in [3.8, 4) is 5.75 Å². The van der Waals surface area contributed by atoms with E-state index in [0.717, 1.165) is 4.31 Å². The fraction of sp³-hybridized carbons (Fsp3) is 0.333. The van der Waals surface area contributed by atoms with Crippen molar-refractivity contribution >= 4 is 33.2 Å². The molecule has 0 aliphatic heterocycles. The second-order valence-electron chi connectivity index (χ2n) is 6.55. The number of methoxy groups -OCH3 is 1. The van der Waals surface area contributed by atoms with Crippen LogP contribution in [-0.2, 0) is 24.3 Å². The normalized spacial score (nSPS) is 11.2. The number of hydrogen-bond donors (Lipinski definition) is 2. The number of sulfonamides is 1. The van der Waals surface area contributed by atoms with E-state index in [1.807, 2.05) is 0 Å². The van der Waals surface area contributed by atoms with Gasteiger partial charge >= 0.3 is 0 Å². The Bertz CT molecular complexity index is 975. The van der Waals surface area contributed by atoms with Gasteiger partial charge in [-0.25, -0.2) is 8.42 Å². The molecule has 2 N–H and O–H groups in total. The number of nitrogens with one attached hydrogen (secondary N) is 2. The van der Waals surface area contributed by atoms with Crippen LogP contribution in [-0.4, -0.2) is 58.0 Å². The van der Waals surface area contributed by atoms with Crippen molar-refractivity contribution < 1.29 is 27.5 Å². The van der Waals surface area contributed by atoms with Crippen molar-refractivity contribution in [3.63, 3.8) is 0 Å². The molecule has 2 rings (SSSR count). The Morgan fingerprint density at radius 3 is 2.03 bits per heavy atom. The van der Waals surface area contributed by atoms with Gasteiger partial charge in [0.25, 0.3) is 0 Å². The quantitative estimate of drug-likeness (QED) is 0.509. The van der Waals surface area contributed by atoms with E-state index in [2.05, 4.69) is 10.6 Å². The molecular formula is C21H27N3O6S. The van der Waals surface area contributed by atoms with E-state index in [9.17, 15) is 18.0 Å². The van der Waals surface area contributed by atoms with Gasteiger partial charge in [0.2, 0.25) is 21.8 Å². The number of ether oxygens (including phenoxy) is 2. The summed E-state index contributed by atoms with van der Waals surface area (Å²) < 4.78 is 37.3. The number of carbonyl (C=O) groups is 2. The molecule has 31 heavy (non-hydrogen) atoms. The Hall–Kier alpha value is -2.95. The number of anilines is 2. The van der Waals surface area contributed by atoms with Gasteiger partial charge in [0.1, 0.15) is 12.4 Å². The van der Waals surface area contributed by atoms with Crippen LogP contribution in [0.2, 0.25) is 0 Å². The molecule has 168 valence electrons. The summed E-state index contributed by atoms with van der Waals surface area (Å²) in [6.45, 7) is 3.64. The van der Waals surface area contributed by atoms with Crippen LogP contribution in [0.15, 0.2) is 53.4 Å². The summed E-state index contributed by atoms with van der Waals surface area (Å²) >= 11 is 0. The maximum absolute atomic E-state index is 12.9. The van der Waals surface area contributed by atoms with Crippen LogP contribution in [0.3, 0.4) is 0 Å². The summed E-state index contributed by atoms with van der Waals surface area (Å²) in [4.78, 5) is 23.5. The zero-order valence-electron chi connectivity index (χ0n) is 17.8. The highest BCUT2D eigenvalue weighted by Crippen LogP contribution is 2.20. The average molecular weight is 450 g/mol. The minimum absolute atomic E-state index is 0.0703. The third-order valence-electron chi connectivity index (χ3n) is 4.18. The van der Waals surface area contributed by atoms with Crippen LogP contribution < -0.4 is 15.4 Å². The first-order valence-electron chi connectivity index (χ1n) is 9.65. The highest BCUT2D eigenvalue weighted by atomic mass is 32.2. The van der Waals surface area contributed by atoms with Gasteiger partial charge in [-0.3, -0.25) is 9.59 Å². The van der Waals surface area contributed by atoms with E-state index in [0.29, 0.717) is 30.3 Å². The van der Waals surface area contributed by atoms with Gasteiger partial charge in [-0.15, -0.1) is 0 Å². The first-order chi connectivity index (χ1) is 14.8. The monoisotopic (exact) mass is 449 g/mol. The SMILES string of the molecule is CCN(CC(=O)Nc1ccc(NC(C)=O)cc1)S(=O)(=O)c1ccc(OCCOC)cc1. The fourth-order valence-corrected chi connectivity index (χ4v) is 4.07. The van der Waals surface area contributed by atoms with Crippen LogP contribution in [0.4, 0.5) is 11.4 Å². The van der Waals surface area contributed by atoms with E-state index < -0.39 is 15.9 Å². The maximum Gasteiger partial charge on any atom is 0.243 e. The van der Waals surface area contributed by atoms with Crippen LogP contribution in [0, 0.1) is 0 Å². The van der Waals surface area contributed by atoms with Gasteiger partial charge in [-0.05, 0) is 48.5 Å². The zero-order valence-corrected chi connectivity index (χ0v) is 18.6. The number of carbonyl (C=O) groups excluding carboxylic acids is 2. The molecule has 2 aromatic carbocycles. The predicted molar refractivity (Wildman–Crippen MR) is 118 cm³/mol. The fourth-order valence-electron chi connectivity index (χ4n) is 2.67. The third-order valence-corrected chi connectivity index (χ3v) is 6.11. The molecule has 9 nitrogen and oxygen atoms in total. The summed E-state index contributed by atoms with van der Waals surface area (Å²) in [5, 5.41) is 5.29. The topological polar surface area (TPSA) is 114 Å². The van der Waals surface area contributed by atoms with Crippen molar-refractivity contribution in [2.24, 2.45) is 0 Å². The second-order valence-corrected chi connectivity index (χ2v) is 8.49. The molecule has 0 radical (unpaired) electrons. The van der Waals surface area contributed by atoms with Crippen LogP contribution in [0.1, 0.15) is 13.8 Å². The van der Waals surface area contributed by atoms with Crippen LogP contribution >= 0.6 is 0 Å². The lowest BCUT2D eigenvalue weighted by molar-refractivity contribution is -0.116. The summed E-state index contributed by atoms with van der Waals surface area (Å²) in [7, 11) is -2.29. The van der Waals surface area contributed by atoms with Crippen molar-refractivity contribution in [1.82, 2.24) is 4.31 Å². The van der Waals surface area contributed by atoms with E-state index in [4.69, 9.17) is 9.47 Å². The summed E-state index contributed by atoms with van der Waals surface area (Å²) in [6, 6.07) is 12.5. The molecule has 0 fully saturated rings. The Kier molecular flexibility index (Phi) is 8.98. The van der Waals surface area contributed by atoms with Crippen molar-refractivity contribution in [2.45, 2.75) is 18.7 Å². The second kappa shape index (κ2) is 11.4. The number of amides is 2. The molecule has 0 aromatic heterocycles. The third kappa shape index (κ3) is 7.35. The Labute approximate surface area is 182 Å². The van der Waals surface area contributed by atoms with Gasteiger partial charge < -0.3 is 20.1 Å². The van der Waals surface area contributed by atoms with Gasteiger partial charge in [-0.2, -0.15) is 4.31 Å². The minimum Gasteiger partial charge on any atom is -0.491 e. The lowest BCUT2D eigenvalue weighted by Crippen LogP contribution is -2.37. The average Bonchev–Trinajstić information content (AvgIpc) is 2.73. The zero-order chi connectivity index (χ0) is 22.9. The first kappa shape index (κ1) is 24.3. The molecule has 0 unspecified atom stereocenters. The number of benzene rings is 2. The molecule has 0 spiro atoms. The molecule has 0 aliphatic rings. The lowest BCUT2D eigenvalue weighted by atomic mass is 10.2. The van der Waals surface area contributed by atoms with Gasteiger partial charge in [0, 0.05) is 32.0 Å². The summed E-state index contributed by atoms with van der Waals surface area (Å²) in [5.41, 5.74) is 1.09. The molecule has 2 aromatic rings. The van der Waals surface area contributed by atoms with Crippen molar-refractivity contribution in [2.75, 3.05) is 44.0 Å². The molecule has 0 saturated carbocycles. The standard InChI is InChI=1S/C21H27N3O6S/c1-4-24(15-21(26)23-18-7-5-17(6-8-18)22-16(2)25)31(27,28)20-11-9-19(10-12-20)30-14-13-29-3/h5-12H,4,13-15H2,1-3H3,(H,22,25)(H,23,26). The largest absolute Gasteiger partial charge is 0.491 e. The summed E-state index contributed by atoms with van der Waals surface area (Å²) in [6.07, 6.45) is 0. The van der Waals surface area contributed by atoms with E-state index >= 15 is 0 Å². The molecule has 0 aliphatic carbocycles. The highest BCUT2D eigenvalue weighted by Gasteiger charge is 2.25. The molecule has 0 heterocycles. The number of hydrogen-bond acceptors (Lipinski definition) is 6.